The number of carbonyl (C=O) groups is 1. The molecule has 0 aliphatic heterocycles. The van der Waals surface area contributed by atoms with Crippen molar-refractivity contribution in [3.8, 4) is 22.8 Å². The summed E-state index contributed by atoms with van der Waals surface area (Å²) in [5, 5.41) is 6.73. The molecule has 0 atom stereocenters. The molecule has 0 saturated heterocycles. The van der Waals surface area contributed by atoms with Crippen LogP contribution in [0.3, 0.4) is 0 Å². The number of aromatic nitrogens is 4. The van der Waals surface area contributed by atoms with Crippen molar-refractivity contribution in [2.24, 2.45) is 7.05 Å². The van der Waals surface area contributed by atoms with Gasteiger partial charge in [-0.1, -0.05) is 23.4 Å². The second-order valence-electron chi connectivity index (χ2n) is 7.45. The zero-order valence-electron chi connectivity index (χ0n) is 18.7. The number of nitrogens with zero attached hydrogens (tertiary/aromatic N) is 4. The van der Waals surface area contributed by atoms with Gasteiger partial charge in [-0.25, -0.2) is 4.68 Å². The first-order chi connectivity index (χ1) is 16.0. The van der Waals surface area contributed by atoms with E-state index >= 15 is 0 Å². The molecule has 4 aromatic rings. The molecule has 0 unspecified atom stereocenters. The van der Waals surface area contributed by atoms with Crippen molar-refractivity contribution in [3.63, 3.8) is 0 Å². The van der Waals surface area contributed by atoms with Crippen molar-refractivity contribution in [1.29, 1.82) is 0 Å². The molecule has 2 aromatic carbocycles. The molecule has 0 radical (unpaired) electrons. The van der Waals surface area contributed by atoms with Crippen LogP contribution in [0.15, 0.2) is 63.9 Å². The number of anilines is 1. The SMILES string of the molecule is CCOc1ccc(-c2noc(CCC(=O)Nc3c(C)n(C)n(-c4ccccc4)c3=O)n2)cc1. The van der Waals surface area contributed by atoms with E-state index in [0.29, 0.717) is 24.0 Å². The minimum atomic E-state index is -0.304. The van der Waals surface area contributed by atoms with E-state index in [-0.39, 0.29) is 30.0 Å². The van der Waals surface area contributed by atoms with Gasteiger partial charge in [0.05, 0.1) is 18.0 Å². The van der Waals surface area contributed by atoms with E-state index < -0.39 is 0 Å². The van der Waals surface area contributed by atoms with Crippen molar-refractivity contribution in [1.82, 2.24) is 19.5 Å². The molecule has 9 nitrogen and oxygen atoms in total. The van der Waals surface area contributed by atoms with E-state index in [1.165, 1.54) is 4.68 Å². The third-order valence-electron chi connectivity index (χ3n) is 5.28. The third-order valence-corrected chi connectivity index (χ3v) is 5.28. The number of amides is 1. The Hall–Kier alpha value is -4.14. The molecule has 9 heteroatoms. The van der Waals surface area contributed by atoms with Crippen LogP contribution in [-0.2, 0) is 18.3 Å². The fourth-order valence-corrected chi connectivity index (χ4v) is 3.48. The van der Waals surface area contributed by atoms with Crippen LogP contribution in [0.5, 0.6) is 5.75 Å². The van der Waals surface area contributed by atoms with E-state index in [2.05, 4.69) is 15.5 Å². The van der Waals surface area contributed by atoms with Crippen LogP contribution in [0, 0.1) is 6.92 Å². The molecular formula is C24H25N5O4. The molecule has 0 spiro atoms. The summed E-state index contributed by atoms with van der Waals surface area (Å²) in [4.78, 5) is 29.8. The van der Waals surface area contributed by atoms with E-state index in [9.17, 15) is 9.59 Å². The van der Waals surface area contributed by atoms with Gasteiger partial charge >= 0.3 is 0 Å². The van der Waals surface area contributed by atoms with Crippen LogP contribution < -0.4 is 15.6 Å². The van der Waals surface area contributed by atoms with E-state index in [1.54, 1.807) is 18.7 Å². The molecule has 2 heterocycles. The Kier molecular flexibility index (Phi) is 6.39. The van der Waals surface area contributed by atoms with Crippen molar-refractivity contribution in [2.45, 2.75) is 26.7 Å². The number of aryl methyl sites for hydroxylation is 1. The van der Waals surface area contributed by atoms with Crippen LogP contribution in [0.2, 0.25) is 0 Å². The number of carbonyl (C=O) groups excluding carboxylic acids is 1. The van der Waals surface area contributed by atoms with Gasteiger partial charge in [-0.05, 0) is 50.2 Å². The van der Waals surface area contributed by atoms with Gasteiger partial charge in [-0.15, -0.1) is 0 Å². The van der Waals surface area contributed by atoms with Crippen LogP contribution in [0.25, 0.3) is 17.1 Å². The molecule has 2 aromatic heterocycles. The zero-order chi connectivity index (χ0) is 23.4. The van der Waals surface area contributed by atoms with Crippen LogP contribution in [0.4, 0.5) is 5.69 Å². The molecule has 0 saturated carbocycles. The Morgan fingerprint density at radius 2 is 1.85 bits per heavy atom. The smallest absolute Gasteiger partial charge is 0.295 e. The van der Waals surface area contributed by atoms with E-state index in [4.69, 9.17) is 9.26 Å². The lowest BCUT2D eigenvalue weighted by molar-refractivity contribution is -0.116. The Morgan fingerprint density at radius 1 is 1.12 bits per heavy atom. The first-order valence-corrected chi connectivity index (χ1v) is 10.7. The number of nitrogens with one attached hydrogen (secondary N) is 1. The Morgan fingerprint density at radius 3 is 2.55 bits per heavy atom. The maximum Gasteiger partial charge on any atom is 0.295 e. The average molecular weight is 447 g/mol. The number of benzene rings is 2. The highest BCUT2D eigenvalue weighted by Crippen LogP contribution is 2.20. The van der Waals surface area contributed by atoms with Crippen molar-refractivity contribution in [3.05, 3.63) is 76.5 Å². The average Bonchev–Trinajstić information content (AvgIpc) is 3.38. The van der Waals surface area contributed by atoms with Gasteiger partial charge in [-0.2, -0.15) is 4.98 Å². The predicted molar refractivity (Wildman–Crippen MR) is 124 cm³/mol. The minimum Gasteiger partial charge on any atom is -0.494 e. The summed E-state index contributed by atoms with van der Waals surface area (Å²) >= 11 is 0. The summed E-state index contributed by atoms with van der Waals surface area (Å²) in [6.07, 6.45) is 0.360. The molecule has 0 fully saturated rings. The molecule has 33 heavy (non-hydrogen) atoms. The highest BCUT2D eigenvalue weighted by Gasteiger charge is 2.18. The topological polar surface area (TPSA) is 104 Å². The highest BCUT2D eigenvalue weighted by molar-refractivity contribution is 5.91. The highest BCUT2D eigenvalue weighted by atomic mass is 16.5. The molecule has 170 valence electrons. The van der Waals surface area contributed by atoms with Crippen LogP contribution in [-0.4, -0.2) is 32.0 Å². The second kappa shape index (κ2) is 9.56. The number of hydrogen-bond acceptors (Lipinski definition) is 6. The molecule has 1 N–H and O–H groups in total. The number of rotatable bonds is 8. The first-order valence-electron chi connectivity index (χ1n) is 10.7. The maximum atomic E-state index is 12.9. The minimum absolute atomic E-state index is 0.101. The number of para-hydroxylation sites is 1. The summed E-state index contributed by atoms with van der Waals surface area (Å²) in [6.45, 7) is 4.31. The van der Waals surface area contributed by atoms with Gasteiger partial charge in [0.25, 0.3) is 5.56 Å². The summed E-state index contributed by atoms with van der Waals surface area (Å²) in [7, 11) is 1.78. The predicted octanol–water partition coefficient (Wildman–Crippen LogP) is 3.50. The van der Waals surface area contributed by atoms with Crippen molar-refractivity contribution < 1.29 is 14.1 Å². The normalized spacial score (nSPS) is 10.9. The third kappa shape index (κ3) is 4.72. The zero-order valence-corrected chi connectivity index (χ0v) is 18.7. The van der Waals surface area contributed by atoms with Crippen molar-refractivity contribution >= 4 is 11.6 Å². The second-order valence-corrected chi connectivity index (χ2v) is 7.45. The maximum absolute atomic E-state index is 12.9. The first kappa shape index (κ1) is 22.1. The van der Waals surface area contributed by atoms with Gasteiger partial charge < -0.3 is 14.6 Å². The van der Waals surface area contributed by atoms with Crippen LogP contribution >= 0.6 is 0 Å². The lowest BCUT2D eigenvalue weighted by Gasteiger charge is -2.07. The van der Waals surface area contributed by atoms with Crippen molar-refractivity contribution in [2.75, 3.05) is 11.9 Å². The van der Waals surface area contributed by atoms with E-state index in [1.807, 2.05) is 61.5 Å². The standard InChI is InChI=1S/C24H25N5O4/c1-4-32-19-12-10-17(11-13-19)23-26-21(33-27-23)15-14-20(30)25-22-16(2)28(3)29(24(22)31)18-8-6-5-7-9-18/h5-13H,4,14-15H2,1-3H3,(H,25,30). The summed E-state index contributed by atoms with van der Waals surface area (Å²) < 4.78 is 14.0. The molecular weight excluding hydrogens is 422 g/mol. The monoisotopic (exact) mass is 447 g/mol. The summed E-state index contributed by atoms with van der Waals surface area (Å²) in [6, 6.07) is 16.6. The molecule has 0 aliphatic rings. The quantitative estimate of drug-likeness (QED) is 0.443. The van der Waals surface area contributed by atoms with Crippen LogP contribution in [0.1, 0.15) is 24.9 Å². The largest absolute Gasteiger partial charge is 0.494 e. The lowest BCUT2D eigenvalue weighted by Crippen LogP contribution is -2.23. The van der Waals surface area contributed by atoms with Gasteiger partial charge in [0, 0.05) is 25.5 Å². The molecule has 0 aliphatic carbocycles. The summed E-state index contributed by atoms with van der Waals surface area (Å²) in [5.41, 5.74) is 2.14. The van der Waals surface area contributed by atoms with Gasteiger partial charge in [0.2, 0.25) is 17.6 Å². The Bertz CT molecular complexity index is 1300. The van der Waals surface area contributed by atoms with E-state index in [0.717, 1.165) is 17.0 Å². The fourth-order valence-electron chi connectivity index (χ4n) is 3.48. The Labute approximate surface area is 190 Å². The lowest BCUT2D eigenvalue weighted by atomic mass is 10.2. The molecule has 1 amide bonds. The number of ether oxygens (including phenoxy) is 1. The van der Waals surface area contributed by atoms with Gasteiger partial charge in [-0.3, -0.25) is 14.3 Å². The van der Waals surface area contributed by atoms with Gasteiger partial charge in [0.15, 0.2) is 0 Å². The Balaban J connectivity index is 1.41. The number of hydrogen-bond donors (Lipinski definition) is 1. The summed E-state index contributed by atoms with van der Waals surface area (Å²) in [5.74, 6) is 1.25. The fraction of sp³-hybridized carbons (Fsp3) is 0.250. The molecule has 0 bridgehead atoms. The molecule has 4 rings (SSSR count). The van der Waals surface area contributed by atoms with Gasteiger partial charge in [0.1, 0.15) is 11.4 Å².